The summed E-state index contributed by atoms with van der Waals surface area (Å²) < 4.78 is 0. The summed E-state index contributed by atoms with van der Waals surface area (Å²) in [6, 6.07) is 4.54. The molecule has 3 N–H and O–H groups in total. The van der Waals surface area contributed by atoms with Crippen LogP contribution in [0.1, 0.15) is 12.0 Å². The number of nitro benzene ring substituents is 1. The SMILES string of the molecule is Cc1ccc(NC(=O)C2C=CC(N)C2)cc1[N+](=O)[O-]. The normalized spacial score (nSPS) is 21.4. The average Bonchev–Trinajstić information content (AvgIpc) is 2.78. The lowest BCUT2D eigenvalue weighted by atomic mass is 10.1. The number of anilines is 1. The Labute approximate surface area is 110 Å². The van der Waals surface area contributed by atoms with Gasteiger partial charge in [-0.25, -0.2) is 0 Å². The third-order valence-corrected chi connectivity index (χ3v) is 3.13. The molecule has 1 amide bonds. The topological polar surface area (TPSA) is 98.3 Å². The highest BCUT2D eigenvalue weighted by atomic mass is 16.6. The van der Waals surface area contributed by atoms with Crippen molar-refractivity contribution < 1.29 is 9.72 Å². The number of rotatable bonds is 3. The molecule has 6 nitrogen and oxygen atoms in total. The van der Waals surface area contributed by atoms with Gasteiger partial charge >= 0.3 is 0 Å². The average molecular weight is 261 g/mol. The third kappa shape index (κ3) is 2.97. The van der Waals surface area contributed by atoms with Crippen LogP contribution in [0.3, 0.4) is 0 Å². The van der Waals surface area contributed by atoms with Crippen molar-refractivity contribution in [2.75, 3.05) is 5.32 Å². The maximum atomic E-state index is 11.9. The van der Waals surface area contributed by atoms with Gasteiger partial charge in [0.05, 0.1) is 10.8 Å². The Hall–Kier alpha value is -2.21. The van der Waals surface area contributed by atoms with Crippen LogP contribution in [0.2, 0.25) is 0 Å². The Morgan fingerprint density at radius 3 is 2.79 bits per heavy atom. The summed E-state index contributed by atoms with van der Waals surface area (Å²) >= 11 is 0. The molecule has 0 bridgehead atoms. The summed E-state index contributed by atoms with van der Waals surface area (Å²) in [6.07, 6.45) is 4.13. The van der Waals surface area contributed by atoms with E-state index in [1.165, 1.54) is 6.07 Å². The molecule has 0 fully saturated rings. The Bertz CT molecular complexity index is 554. The van der Waals surface area contributed by atoms with Crippen LogP contribution in [0.15, 0.2) is 30.4 Å². The van der Waals surface area contributed by atoms with Crippen LogP contribution < -0.4 is 11.1 Å². The molecular weight excluding hydrogens is 246 g/mol. The fraction of sp³-hybridized carbons (Fsp3) is 0.308. The monoisotopic (exact) mass is 261 g/mol. The number of amides is 1. The van der Waals surface area contributed by atoms with Crippen molar-refractivity contribution in [3.63, 3.8) is 0 Å². The Balaban J connectivity index is 2.11. The smallest absolute Gasteiger partial charge is 0.274 e. The van der Waals surface area contributed by atoms with E-state index in [2.05, 4.69) is 5.32 Å². The van der Waals surface area contributed by atoms with E-state index in [9.17, 15) is 14.9 Å². The van der Waals surface area contributed by atoms with Crippen LogP contribution in [0, 0.1) is 23.0 Å². The first-order valence-corrected chi connectivity index (χ1v) is 5.97. The van der Waals surface area contributed by atoms with Gasteiger partial charge in [-0.3, -0.25) is 14.9 Å². The maximum absolute atomic E-state index is 11.9. The molecule has 2 unspecified atom stereocenters. The summed E-state index contributed by atoms with van der Waals surface area (Å²) in [4.78, 5) is 22.3. The lowest BCUT2D eigenvalue weighted by Crippen LogP contribution is -2.24. The van der Waals surface area contributed by atoms with Gasteiger partial charge in [0.15, 0.2) is 0 Å². The fourth-order valence-corrected chi connectivity index (χ4v) is 2.04. The van der Waals surface area contributed by atoms with Gasteiger partial charge in [0.1, 0.15) is 0 Å². The molecule has 0 spiro atoms. The van der Waals surface area contributed by atoms with E-state index in [4.69, 9.17) is 5.73 Å². The van der Waals surface area contributed by atoms with Crippen molar-refractivity contribution >= 4 is 17.3 Å². The van der Waals surface area contributed by atoms with Gasteiger partial charge in [-0.2, -0.15) is 0 Å². The molecule has 1 aromatic carbocycles. The van der Waals surface area contributed by atoms with E-state index in [-0.39, 0.29) is 23.6 Å². The standard InChI is InChI=1S/C13H15N3O3/c1-8-2-5-11(7-12(8)16(18)19)15-13(17)9-3-4-10(14)6-9/h2-5,7,9-10H,6,14H2,1H3,(H,15,17). The van der Waals surface area contributed by atoms with E-state index in [0.29, 0.717) is 17.7 Å². The number of aryl methyl sites for hydroxylation is 1. The zero-order valence-electron chi connectivity index (χ0n) is 10.5. The summed E-state index contributed by atoms with van der Waals surface area (Å²) in [6.45, 7) is 1.66. The van der Waals surface area contributed by atoms with Crippen LogP contribution in [0.4, 0.5) is 11.4 Å². The summed E-state index contributed by atoms with van der Waals surface area (Å²) in [5, 5.41) is 13.5. The molecule has 1 aliphatic carbocycles. The molecule has 0 aromatic heterocycles. The molecule has 0 heterocycles. The van der Waals surface area contributed by atoms with Crippen LogP contribution in [-0.4, -0.2) is 16.9 Å². The number of nitro groups is 1. The first-order chi connectivity index (χ1) is 8.97. The molecule has 2 rings (SSSR count). The lowest BCUT2D eigenvalue weighted by Gasteiger charge is -2.10. The molecule has 2 atom stereocenters. The minimum Gasteiger partial charge on any atom is -0.325 e. The van der Waals surface area contributed by atoms with Gasteiger partial charge in [0.2, 0.25) is 5.91 Å². The van der Waals surface area contributed by atoms with Crippen LogP contribution >= 0.6 is 0 Å². The molecule has 19 heavy (non-hydrogen) atoms. The van der Waals surface area contributed by atoms with Gasteiger partial charge in [-0.1, -0.05) is 18.2 Å². The minimum atomic E-state index is -0.462. The molecule has 0 radical (unpaired) electrons. The highest BCUT2D eigenvalue weighted by Gasteiger charge is 2.23. The Kier molecular flexibility index (Phi) is 3.62. The molecule has 0 saturated carbocycles. The number of nitrogens with two attached hydrogens (primary N) is 1. The van der Waals surface area contributed by atoms with Gasteiger partial charge in [-0.15, -0.1) is 0 Å². The lowest BCUT2D eigenvalue weighted by molar-refractivity contribution is -0.385. The van der Waals surface area contributed by atoms with E-state index in [1.54, 1.807) is 31.2 Å². The number of nitrogens with zero attached hydrogens (tertiary/aromatic N) is 1. The van der Waals surface area contributed by atoms with Crippen LogP contribution in [0.25, 0.3) is 0 Å². The van der Waals surface area contributed by atoms with Crippen molar-refractivity contribution in [2.45, 2.75) is 19.4 Å². The number of hydrogen-bond acceptors (Lipinski definition) is 4. The molecular formula is C13H15N3O3. The van der Waals surface area contributed by atoms with Crippen molar-refractivity contribution in [3.05, 3.63) is 46.0 Å². The number of hydrogen-bond donors (Lipinski definition) is 2. The largest absolute Gasteiger partial charge is 0.325 e. The molecule has 0 aliphatic heterocycles. The number of carbonyl (C=O) groups is 1. The fourth-order valence-electron chi connectivity index (χ4n) is 2.04. The summed E-state index contributed by atoms with van der Waals surface area (Å²) in [5.74, 6) is -0.460. The Morgan fingerprint density at radius 1 is 1.47 bits per heavy atom. The van der Waals surface area contributed by atoms with Crippen LogP contribution in [0.5, 0.6) is 0 Å². The predicted molar refractivity (Wildman–Crippen MR) is 71.7 cm³/mol. The zero-order valence-corrected chi connectivity index (χ0v) is 10.5. The molecule has 1 aliphatic rings. The Morgan fingerprint density at radius 2 is 2.21 bits per heavy atom. The molecule has 100 valence electrons. The van der Waals surface area contributed by atoms with Crippen molar-refractivity contribution in [1.29, 1.82) is 0 Å². The highest BCUT2D eigenvalue weighted by Crippen LogP contribution is 2.24. The van der Waals surface area contributed by atoms with Crippen molar-refractivity contribution in [2.24, 2.45) is 11.7 Å². The third-order valence-electron chi connectivity index (χ3n) is 3.13. The molecule has 0 saturated heterocycles. The minimum absolute atomic E-state index is 0.00327. The van der Waals surface area contributed by atoms with Gasteiger partial charge in [-0.05, 0) is 19.4 Å². The van der Waals surface area contributed by atoms with E-state index < -0.39 is 4.92 Å². The van der Waals surface area contributed by atoms with Gasteiger partial charge in [0.25, 0.3) is 5.69 Å². The second-order valence-corrected chi connectivity index (χ2v) is 4.64. The molecule has 1 aromatic rings. The summed E-state index contributed by atoms with van der Waals surface area (Å²) in [7, 11) is 0. The highest BCUT2D eigenvalue weighted by molar-refractivity contribution is 5.94. The number of carbonyl (C=O) groups excluding carboxylic acids is 1. The second-order valence-electron chi connectivity index (χ2n) is 4.64. The number of nitrogens with one attached hydrogen (secondary N) is 1. The summed E-state index contributed by atoms with van der Waals surface area (Å²) in [5.41, 5.74) is 6.67. The van der Waals surface area contributed by atoms with Crippen molar-refractivity contribution in [1.82, 2.24) is 0 Å². The van der Waals surface area contributed by atoms with Gasteiger partial charge in [0, 0.05) is 23.4 Å². The van der Waals surface area contributed by atoms with Crippen molar-refractivity contribution in [3.8, 4) is 0 Å². The van der Waals surface area contributed by atoms with Gasteiger partial charge < -0.3 is 11.1 Å². The quantitative estimate of drug-likeness (QED) is 0.492. The maximum Gasteiger partial charge on any atom is 0.274 e. The molecule has 6 heteroatoms. The number of benzene rings is 1. The predicted octanol–water partition coefficient (Wildman–Crippen LogP) is 1.75. The van der Waals surface area contributed by atoms with E-state index >= 15 is 0 Å². The van der Waals surface area contributed by atoms with E-state index in [1.807, 2.05) is 0 Å². The first kappa shape index (κ1) is 13.2. The second kappa shape index (κ2) is 5.19. The zero-order chi connectivity index (χ0) is 14.0. The van der Waals surface area contributed by atoms with Crippen LogP contribution in [-0.2, 0) is 4.79 Å². The first-order valence-electron chi connectivity index (χ1n) is 5.97. The van der Waals surface area contributed by atoms with E-state index in [0.717, 1.165) is 0 Å².